The van der Waals surface area contributed by atoms with Crippen molar-refractivity contribution >= 4 is 29.1 Å². The molecule has 0 atom stereocenters. The van der Waals surface area contributed by atoms with E-state index in [9.17, 15) is 14.4 Å². The van der Waals surface area contributed by atoms with E-state index in [-0.39, 0.29) is 24.8 Å². The molecule has 0 saturated carbocycles. The Morgan fingerprint density at radius 1 is 0.967 bits per heavy atom. The number of hydrogen-bond donors (Lipinski definition) is 3. The third-order valence-electron chi connectivity index (χ3n) is 4.93. The van der Waals surface area contributed by atoms with Crippen LogP contribution in [0.4, 0.5) is 11.4 Å². The molecule has 0 radical (unpaired) electrons. The molecule has 0 aliphatic heterocycles. The van der Waals surface area contributed by atoms with Gasteiger partial charge in [-0.1, -0.05) is 32.0 Å². The van der Waals surface area contributed by atoms with Crippen LogP contribution in [0.5, 0.6) is 0 Å². The summed E-state index contributed by atoms with van der Waals surface area (Å²) >= 11 is 0. The average molecular weight is 411 g/mol. The first-order chi connectivity index (χ1) is 14.3. The molecular weight excluding hydrogens is 380 g/mol. The van der Waals surface area contributed by atoms with Gasteiger partial charge in [-0.2, -0.15) is 0 Å². The van der Waals surface area contributed by atoms with Crippen molar-refractivity contribution in [1.82, 2.24) is 4.90 Å². The number of amides is 3. The lowest BCUT2D eigenvalue weighted by molar-refractivity contribution is -0.119. The third kappa shape index (κ3) is 6.70. The number of primary amides is 1. The summed E-state index contributed by atoms with van der Waals surface area (Å²) in [5.74, 6) is -0.766. The minimum absolute atomic E-state index is 0.0942. The molecule has 0 aliphatic rings. The maximum Gasteiger partial charge on any atom is 0.248 e. The Kier molecular flexibility index (Phi) is 8.55. The molecule has 4 N–H and O–H groups in total. The highest BCUT2D eigenvalue weighted by Gasteiger charge is 2.14. The van der Waals surface area contributed by atoms with Crippen molar-refractivity contribution in [3.63, 3.8) is 0 Å². The monoisotopic (exact) mass is 410 g/mol. The zero-order valence-electron chi connectivity index (χ0n) is 17.8. The highest BCUT2D eigenvalue weighted by atomic mass is 16.2. The van der Waals surface area contributed by atoms with Crippen LogP contribution in [-0.4, -0.2) is 42.3 Å². The highest BCUT2D eigenvalue weighted by Crippen LogP contribution is 2.21. The molecule has 160 valence electrons. The van der Waals surface area contributed by atoms with Crippen LogP contribution >= 0.6 is 0 Å². The van der Waals surface area contributed by atoms with Crippen molar-refractivity contribution in [2.24, 2.45) is 5.73 Å². The number of carbonyl (C=O) groups is 3. The molecule has 0 aromatic heterocycles. The number of nitrogens with zero attached hydrogens (tertiary/aromatic N) is 1. The molecule has 0 spiro atoms. The van der Waals surface area contributed by atoms with Crippen LogP contribution in [0.3, 0.4) is 0 Å². The van der Waals surface area contributed by atoms with Gasteiger partial charge >= 0.3 is 0 Å². The summed E-state index contributed by atoms with van der Waals surface area (Å²) in [4.78, 5) is 37.8. The first-order valence-electron chi connectivity index (χ1n) is 10.1. The second kappa shape index (κ2) is 11.1. The Balaban J connectivity index is 1.85. The van der Waals surface area contributed by atoms with Gasteiger partial charge in [0.2, 0.25) is 17.7 Å². The van der Waals surface area contributed by atoms with Gasteiger partial charge in [-0.3, -0.25) is 19.3 Å². The average Bonchev–Trinajstić information content (AvgIpc) is 2.72. The maximum absolute atomic E-state index is 12.5. The van der Waals surface area contributed by atoms with E-state index >= 15 is 0 Å². The van der Waals surface area contributed by atoms with Gasteiger partial charge in [0, 0.05) is 29.9 Å². The number of nitrogens with two attached hydrogens (primary N) is 1. The lowest BCUT2D eigenvalue weighted by Crippen LogP contribution is -2.35. The normalized spacial score (nSPS) is 10.7. The summed E-state index contributed by atoms with van der Waals surface area (Å²) in [7, 11) is 0. The lowest BCUT2D eigenvalue weighted by atomic mass is 10.1. The Bertz CT molecular complexity index is 894. The fourth-order valence-corrected chi connectivity index (χ4v) is 3.13. The summed E-state index contributed by atoms with van der Waals surface area (Å²) in [5, 5.41) is 5.80. The first kappa shape index (κ1) is 23.1. The fourth-order valence-electron chi connectivity index (χ4n) is 3.13. The van der Waals surface area contributed by atoms with Crippen LogP contribution in [0.1, 0.15) is 41.8 Å². The van der Waals surface area contributed by atoms with E-state index in [4.69, 9.17) is 5.73 Å². The molecule has 0 heterocycles. The van der Waals surface area contributed by atoms with Crippen LogP contribution in [0.25, 0.3) is 0 Å². The third-order valence-corrected chi connectivity index (χ3v) is 4.93. The number of likely N-dealkylation sites (N-methyl/N-ethyl adjacent to an activating group) is 1. The first-order valence-corrected chi connectivity index (χ1v) is 10.1. The lowest BCUT2D eigenvalue weighted by Gasteiger charge is -2.20. The van der Waals surface area contributed by atoms with Gasteiger partial charge in [-0.25, -0.2) is 0 Å². The summed E-state index contributed by atoms with van der Waals surface area (Å²) in [5.41, 5.74) is 9.20. The van der Waals surface area contributed by atoms with Crippen molar-refractivity contribution in [1.29, 1.82) is 0 Å². The molecule has 0 bridgehead atoms. The number of aryl methyl sites for hydroxylation is 2. The topological polar surface area (TPSA) is 105 Å². The number of rotatable bonds is 10. The zero-order chi connectivity index (χ0) is 22.1. The largest absolute Gasteiger partial charge is 0.366 e. The predicted octanol–water partition coefficient (Wildman–Crippen LogP) is 2.95. The Morgan fingerprint density at radius 3 is 2.27 bits per heavy atom. The van der Waals surface area contributed by atoms with Crippen LogP contribution in [0.2, 0.25) is 0 Å². The Labute approximate surface area is 177 Å². The molecule has 2 aromatic carbocycles. The summed E-state index contributed by atoms with van der Waals surface area (Å²) in [6.07, 6.45) is 1.10. The van der Waals surface area contributed by atoms with Crippen molar-refractivity contribution in [2.75, 3.05) is 30.3 Å². The van der Waals surface area contributed by atoms with E-state index in [1.54, 1.807) is 24.3 Å². The van der Waals surface area contributed by atoms with Crippen LogP contribution in [0, 0.1) is 6.92 Å². The predicted molar refractivity (Wildman–Crippen MR) is 120 cm³/mol. The van der Waals surface area contributed by atoms with Gasteiger partial charge in [0.15, 0.2) is 0 Å². The minimum Gasteiger partial charge on any atom is -0.366 e. The van der Waals surface area contributed by atoms with Gasteiger partial charge in [-0.15, -0.1) is 0 Å². The molecule has 2 rings (SSSR count). The number of nitrogens with one attached hydrogen (secondary N) is 2. The minimum atomic E-state index is -0.513. The number of carbonyl (C=O) groups excluding carboxylic acids is 3. The van der Waals surface area contributed by atoms with E-state index < -0.39 is 5.91 Å². The van der Waals surface area contributed by atoms with E-state index in [0.29, 0.717) is 24.3 Å². The van der Waals surface area contributed by atoms with Crippen LogP contribution < -0.4 is 16.4 Å². The number of anilines is 2. The highest BCUT2D eigenvalue weighted by molar-refractivity contribution is 5.95. The molecule has 0 aliphatic carbocycles. The van der Waals surface area contributed by atoms with E-state index in [0.717, 1.165) is 23.2 Å². The van der Waals surface area contributed by atoms with E-state index in [1.165, 1.54) is 0 Å². The Hall–Kier alpha value is -3.19. The van der Waals surface area contributed by atoms with E-state index in [1.807, 2.05) is 36.9 Å². The molecule has 3 amide bonds. The van der Waals surface area contributed by atoms with Crippen molar-refractivity contribution in [3.8, 4) is 0 Å². The molecule has 7 heteroatoms. The van der Waals surface area contributed by atoms with Gasteiger partial charge < -0.3 is 16.4 Å². The zero-order valence-corrected chi connectivity index (χ0v) is 17.8. The smallest absolute Gasteiger partial charge is 0.248 e. The van der Waals surface area contributed by atoms with Gasteiger partial charge in [0.05, 0.1) is 6.54 Å². The quantitative estimate of drug-likeness (QED) is 0.560. The summed E-state index contributed by atoms with van der Waals surface area (Å²) in [6.45, 7) is 7.33. The van der Waals surface area contributed by atoms with Crippen LogP contribution in [-0.2, 0) is 16.0 Å². The second-order valence-corrected chi connectivity index (χ2v) is 7.12. The molecule has 0 unspecified atom stereocenters. The fraction of sp³-hybridized carbons (Fsp3) is 0.348. The number of para-hydroxylation sites is 1. The van der Waals surface area contributed by atoms with Crippen molar-refractivity contribution in [3.05, 3.63) is 59.2 Å². The summed E-state index contributed by atoms with van der Waals surface area (Å²) in [6, 6.07) is 12.4. The number of hydrogen-bond acceptors (Lipinski definition) is 4. The Morgan fingerprint density at radius 2 is 1.67 bits per heavy atom. The van der Waals surface area contributed by atoms with E-state index in [2.05, 4.69) is 17.6 Å². The van der Waals surface area contributed by atoms with Gasteiger partial charge in [0.1, 0.15) is 0 Å². The molecular formula is C23H30N4O3. The van der Waals surface area contributed by atoms with Crippen molar-refractivity contribution < 1.29 is 14.4 Å². The molecule has 0 saturated heterocycles. The second-order valence-electron chi connectivity index (χ2n) is 7.12. The summed E-state index contributed by atoms with van der Waals surface area (Å²) < 4.78 is 0. The maximum atomic E-state index is 12.5. The molecule has 0 fully saturated rings. The molecule has 7 nitrogen and oxygen atoms in total. The molecule has 2 aromatic rings. The number of benzene rings is 2. The molecule has 30 heavy (non-hydrogen) atoms. The van der Waals surface area contributed by atoms with Crippen LogP contribution in [0.15, 0.2) is 42.5 Å². The van der Waals surface area contributed by atoms with Gasteiger partial charge in [-0.05, 0) is 55.3 Å². The standard InChI is InChI=1S/C23H30N4O3/c1-4-17-8-6-7-16(3)22(17)26-21(29)15-27(5-2)14-13-20(28)25-19-11-9-18(10-12-19)23(24)30/h6-12H,4-5,13-15H2,1-3H3,(H2,24,30)(H,25,28)(H,26,29). The SMILES string of the molecule is CCc1cccc(C)c1NC(=O)CN(CC)CCC(=O)Nc1ccc(C(N)=O)cc1. The van der Waals surface area contributed by atoms with Gasteiger partial charge in [0.25, 0.3) is 0 Å². The van der Waals surface area contributed by atoms with Crippen molar-refractivity contribution in [2.45, 2.75) is 33.6 Å².